The number of benzene rings is 1. The van der Waals surface area contributed by atoms with Crippen molar-refractivity contribution in [3.8, 4) is 0 Å². The zero-order valence-electron chi connectivity index (χ0n) is 10.2. The number of rotatable bonds is 3. The number of carbonyl (C=O) groups excluding carboxylic acids is 1. The summed E-state index contributed by atoms with van der Waals surface area (Å²) in [7, 11) is 0. The average molecular weight is 268 g/mol. The monoisotopic (exact) mass is 268 g/mol. The molecule has 1 fully saturated rings. The normalized spacial score (nSPS) is 30.9. The lowest BCUT2D eigenvalue weighted by Gasteiger charge is -2.36. The van der Waals surface area contributed by atoms with Gasteiger partial charge in [-0.15, -0.1) is 0 Å². The van der Waals surface area contributed by atoms with Gasteiger partial charge in [0.1, 0.15) is 18.3 Å². The number of ether oxygens (including phenoxy) is 2. The van der Waals surface area contributed by atoms with E-state index in [4.69, 9.17) is 14.6 Å². The number of carbonyl (C=O) groups is 1. The van der Waals surface area contributed by atoms with Crippen LogP contribution >= 0.6 is 0 Å². The topological polar surface area (TPSA) is 96.2 Å². The molecule has 1 heterocycles. The van der Waals surface area contributed by atoms with Gasteiger partial charge in [-0.25, -0.2) is 4.79 Å². The van der Waals surface area contributed by atoms with Crippen LogP contribution in [0, 0.1) is 0 Å². The van der Waals surface area contributed by atoms with E-state index in [1.165, 1.54) is 0 Å². The molecule has 6 nitrogen and oxygen atoms in total. The molecule has 4 atom stereocenters. The number of aliphatic hydroxyl groups is 3. The maximum absolute atomic E-state index is 11.8. The van der Waals surface area contributed by atoms with E-state index in [2.05, 4.69) is 0 Å². The molecule has 1 saturated heterocycles. The van der Waals surface area contributed by atoms with Gasteiger partial charge in [-0.2, -0.15) is 0 Å². The highest BCUT2D eigenvalue weighted by molar-refractivity contribution is 5.89. The fourth-order valence-corrected chi connectivity index (χ4v) is 1.96. The first-order valence-corrected chi connectivity index (χ1v) is 6.00. The smallest absolute Gasteiger partial charge is 0.338 e. The highest BCUT2D eigenvalue weighted by atomic mass is 16.6. The highest BCUT2D eigenvalue weighted by Gasteiger charge is 2.39. The molecule has 3 N–H and O–H groups in total. The first-order chi connectivity index (χ1) is 9.11. The first-order valence-electron chi connectivity index (χ1n) is 6.00. The van der Waals surface area contributed by atoms with Crippen molar-refractivity contribution in [1.82, 2.24) is 0 Å². The van der Waals surface area contributed by atoms with Crippen LogP contribution < -0.4 is 0 Å². The molecule has 0 radical (unpaired) electrons. The Hall–Kier alpha value is -1.47. The van der Waals surface area contributed by atoms with E-state index in [1.807, 2.05) is 0 Å². The van der Waals surface area contributed by atoms with Crippen molar-refractivity contribution in [2.24, 2.45) is 0 Å². The molecule has 19 heavy (non-hydrogen) atoms. The van der Waals surface area contributed by atoms with E-state index in [-0.39, 0.29) is 6.42 Å². The van der Waals surface area contributed by atoms with Crippen LogP contribution in [0.3, 0.4) is 0 Å². The lowest BCUT2D eigenvalue weighted by molar-refractivity contribution is -0.239. The van der Waals surface area contributed by atoms with Crippen molar-refractivity contribution < 1.29 is 29.6 Å². The quantitative estimate of drug-likeness (QED) is 0.650. The highest BCUT2D eigenvalue weighted by Crippen LogP contribution is 2.22. The molecule has 1 aliphatic heterocycles. The zero-order chi connectivity index (χ0) is 13.8. The largest absolute Gasteiger partial charge is 0.456 e. The molecule has 0 unspecified atom stereocenters. The van der Waals surface area contributed by atoms with E-state index in [1.54, 1.807) is 30.3 Å². The van der Waals surface area contributed by atoms with Gasteiger partial charge in [0.2, 0.25) is 0 Å². The van der Waals surface area contributed by atoms with Crippen LogP contribution in [0.25, 0.3) is 0 Å². The van der Waals surface area contributed by atoms with E-state index < -0.39 is 37.2 Å². The molecular weight excluding hydrogens is 252 g/mol. The van der Waals surface area contributed by atoms with Gasteiger partial charge >= 0.3 is 5.97 Å². The molecule has 0 amide bonds. The van der Waals surface area contributed by atoms with E-state index in [0.717, 1.165) is 0 Å². The fraction of sp³-hybridized carbons (Fsp3) is 0.462. The van der Waals surface area contributed by atoms with Crippen LogP contribution in [0.4, 0.5) is 0 Å². The molecule has 0 aliphatic carbocycles. The Balaban J connectivity index is 2.03. The van der Waals surface area contributed by atoms with Gasteiger partial charge in [0, 0.05) is 6.42 Å². The molecule has 1 aromatic rings. The Kier molecular flexibility index (Phi) is 4.49. The summed E-state index contributed by atoms with van der Waals surface area (Å²) in [6.07, 6.45) is -4.24. The number of hydrogen-bond donors (Lipinski definition) is 3. The van der Waals surface area contributed by atoms with Crippen molar-refractivity contribution in [1.29, 1.82) is 0 Å². The molecule has 0 spiro atoms. The summed E-state index contributed by atoms with van der Waals surface area (Å²) >= 11 is 0. The first kappa shape index (κ1) is 14.0. The Morgan fingerprint density at radius 3 is 2.63 bits per heavy atom. The third-order valence-electron chi connectivity index (χ3n) is 2.98. The summed E-state index contributed by atoms with van der Waals surface area (Å²) in [5.41, 5.74) is 0.358. The van der Waals surface area contributed by atoms with Crippen molar-refractivity contribution in [3.63, 3.8) is 0 Å². The summed E-state index contributed by atoms with van der Waals surface area (Å²) in [5, 5.41) is 28.3. The predicted molar refractivity (Wildman–Crippen MR) is 64.2 cm³/mol. The predicted octanol–water partition coefficient (Wildman–Crippen LogP) is -0.328. The third kappa shape index (κ3) is 3.30. The van der Waals surface area contributed by atoms with Crippen LogP contribution in [-0.4, -0.2) is 52.5 Å². The van der Waals surface area contributed by atoms with Crippen LogP contribution in [0.2, 0.25) is 0 Å². The molecule has 1 aromatic carbocycles. The van der Waals surface area contributed by atoms with E-state index in [0.29, 0.717) is 5.56 Å². The molecule has 0 saturated carbocycles. The van der Waals surface area contributed by atoms with Gasteiger partial charge in [-0.3, -0.25) is 0 Å². The third-order valence-corrected chi connectivity index (χ3v) is 2.98. The number of esters is 1. The Labute approximate surface area is 110 Å². The second kappa shape index (κ2) is 6.12. The van der Waals surface area contributed by atoms with Crippen LogP contribution in [0.5, 0.6) is 0 Å². The second-order valence-electron chi connectivity index (χ2n) is 4.35. The van der Waals surface area contributed by atoms with Gasteiger partial charge in [-0.05, 0) is 12.1 Å². The van der Waals surface area contributed by atoms with Gasteiger partial charge in [0.05, 0.1) is 12.2 Å². The van der Waals surface area contributed by atoms with Crippen molar-refractivity contribution in [2.75, 3.05) is 6.61 Å². The Morgan fingerprint density at radius 1 is 1.32 bits per heavy atom. The van der Waals surface area contributed by atoms with E-state index in [9.17, 15) is 15.0 Å². The SMILES string of the molecule is O=C(O[C@H]1C[C@H](O)O[C@@H](CO)[C@@H]1O)c1ccccc1. The van der Waals surface area contributed by atoms with Crippen LogP contribution in [0.1, 0.15) is 16.8 Å². The molecular formula is C13H16O6. The summed E-state index contributed by atoms with van der Waals surface area (Å²) < 4.78 is 10.1. The van der Waals surface area contributed by atoms with Crippen LogP contribution in [0.15, 0.2) is 30.3 Å². The molecule has 2 rings (SSSR count). The average Bonchev–Trinajstić information content (AvgIpc) is 2.43. The number of hydrogen-bond acceptors (Lipinski definition) is 6. The fourth-order valence-electron chi connectivity index (χ4n) is 1.96. The summed E-state index contributed by atoms with van der Waals surface area (Å²) in [6.45, 7) is -0.461. The minimum absolute atomic E-state index is 0.0315. The molecule has 104 valence electrons. The van der Waals surface area contributed by atoms with Gasteiger partial charge in [-0.1, -0.05) is 18.2 Å². The molecule has 0 bridgehead atoms. The van der Waals surface area contributed by atoms with Crippen LogP contribution in [-0.2, 0) is 9.47 Å². The summed E-state index contributed by atoms with van der Waals surface area (Å²) in [4.78, 5) is 11.8. The van der Waals surface area contributed by atoms with Crippen molar-refractivity contribution >= 4 is 5.97 Å². The van der Waals surface area contributed by atoms with Crippen molar-refractivity contribution in [3.05, 3.63) is 35.9 Å². The standard InChI is InChI=1S/C13H16O6/c14-7-10-12(16)9(6-11(15)18-10)19-13(17)8-4-2-1-3-5-8/h1-5,9-12,14-16H,6-7H2/t9-,10-,11+,12+/m0/s1. The lowest BCUT2D eigenvalue weighted by Crippen LogP contribution is -2.51. The molecule has 0 aromatic heterocycles. The van der Waals surface area contributed by atoms with E-state index >= 15 is 0 Å². The molecule has 6 heteroatoms. The minimum atomic E-state index is -1.17. The summed E-state index contributed by atoms with van der Waals surface area (Å²) in [5.74, 6) is -0.588. The van der Waals surface area contributed by atoms with Gasteiger partial charge in [0.25, 0.3) is 0 Å². The van der Waals surface area contributed by atoms with Gasteiger partial charge < -0.3 is 24.8 Å². The summed E-state index contributed by atoms with van der Waals surface area (Å²) in [6, 6.07) is 8.35. The zero-order valence-corrected chi connectivity index (χ0v) is 10.2. The minimum Gasteiger partial charge on any atom is -0.456 e. The number of aliphatic hydroxyl groups excluding tert-OH is 3. The lowest BCUT2D eigenvalue weighted by atomic mass is 10.0. The Morgan fingerprint density at radius 2 is 2.00 bits per heavy atom. The second-order valence-corrected chi connectivity index (χ2v) is 4.35. The van der Waals surface area contributed by atoms with Gasteiger partial charge in [0.15, 0.2) is 6.29 Å². The molecule has 1 aliphatic rings. The van der Waals surface area contributed by atoms with Crippen molar-refractivity contribution in [2.45, 2.75) is 31.0 Å². The maximum atomic E-state index is 11.8. The Bertz CT molecular complexity index is 420. The maximum Gasteiger partial charge on any atom is 0.338 e.